The van der Waals surface area contributed by atoms with E-state index in [-0.39, 0.29) is 23.0 Å². The number of carbonyl (C=O) groups is 1. The van der Waals surface area contributed by atoms with Crippen molar-refractivity contribution in [1.82, 2.24) is 19.6 Å². The predicted molar refractivity (Wildman–Crippen MR) is 124 cm³/mol. The molecule has 10 heteroatoms. The topological polar surface area (TPSA) is 88.0 Å². The Labute approximate surface area is 190 Å². The Bertz CT molecular complexity index is 1160. The van der Waals surface area contributed by atoms with Crippen molar-refractivity contribution < 1.29 is 18.0 Å². The highest BCUT2D eigenvalue weighted by molar-refractivity contribution is 5.99. The molecule has 0 radical (unpaired) electrons. The van der Waals surface area contributed by atoms with Gasteiger partial charge in [0.15, 0.2) is 11.3 Å². The Morgan fingerprint density at radius 3 is 2.76 bits per heavy atom. The summed E-state index contributed by atoms with van der Waals surface area (Å²) in [6.45, 7) is 8.26. The molecule has 1 aliphatic rings. The van der Waals surface area contributed by atoms with Crippen molar-refractivity contribution in [2.75, 3.05) is 25.9 Å². The fourth-order valence-corrected chi connectivity index (χ4v) is 3.83. The van der Waals surface area contributed by atoms with E-state index in [2.05, 4.69) is 21.9 Å². The van der Waals surface area contributed by atoms with Gasteiger partial charge in [-0.1, -0.05) is 18.7 Å². The second kappa shape index (κ2) is 9.51. The molecule has 2 aromatic heterocycles. The third-order valence-electron chi connectivity index (χ3n) is 5.61. The smallest absolute Gasteiger partial charge is 0.393 e. The molecule has 33 heavy (non-hydrogen) atoms. The molecule has 176 valence electrons. The first kappa shape index (κ1) is 24.1. The molecule has 0 aromatic carbocycles. The first-order valence-electron chi connectivity index (χ1n) is 10.5. The average Bonchev–Trinajstić information content (AvgIpc) is 3.39. The van der Waals surface area contributed by atoms with E-state index in [1.807, 2.05) is 19.9 Å². The first-order chi connectivity index (χ1) is 15.6. The van der Waals surface area contributed by atoms with Crippen molar-refractivity contribution in [2.45, 2.75) is 26.4 Å². The third kappa shape index (κ3) is 4.79. The number of hydrogen-bond donors (Lipinski definition) is 2. The number of aliphatic imine (C=N–C) groups is 1. The zero-order valence-corrected chi connectivity index (χ0v) is 18.8. The monoisotopic (exact) mass is 460 g/mol. The van der Waals surface area contributed by atoms with Crippen LogP contribution in [0.15, 0.2) is 48.4 Å². The minimum absolute atomic E-state index is 0.0718. The van der Waals surface area contributed by atoms with Crippen LogP contribution in [-0.2, 0) is 6.18 Å². The lowest BCUT2D eigenvalue weighted by Gasteiger charge is -2.15. The summed E-state index contributed by atoms with van der Waals surface area (Å²) in [5.74, 6) is -0.567. The van der Waals surface area contributed by atoms with Gasteiger partial charge < -0.3 is 16.0 Å². The number of alkyl halides is 3. The van der Waals surface area contributed by atoms with Crippen LogP contribution < -0.4 is 11.1 Å². The largest absolute Gasteiger partial charge is 0.420 e. The van der Waals surface area contributed by atoms with Crippen molar-refractivity contribution >= 4 is 28.7 Å². The number of nitrogens with zero attached hydrogens (tertiary/aromatic N) is 4. The number of pyridine rings is 1. The van der Waals surface area contributed by atoms with Crippen LogP contribution in [0.4, 0.5) is 19.0 Å². The van der Waals surface area contributed by atoms with Gasteiger partial charge in [0.2, 0.25) is 0 Å². The van der Waals surface area contributed by atoms with Crippen LogP contribution in [0.5, 0.6) is 0 Å². The average molecular weight is 461 g/mol. The van der Waals surface area contributed by atoms with Gasteiger partial charge in [-0.05, 0) is 31.9 Å². The van der Waals surface area contributed by atoms with Crippen LogP contribution in [0.3, 0.4) is 0 Å². The second-order valence-electron chi connectivity index (χ2n) is 7.76. The molecular weight excluding hydrogens is 433 g/mol. The highest BCUT2D eigenvalue weighted by Crippen LogP contribution is 2.36. The van der Waals surface area contributed by atoms with E-state index in [4.69, 9.17) is 5.73 Å². The Morgan fingerprint density at radius 2 is 2.15 bits per heavy atom. The van der Waals surface area contributed by atoms with Crippen molar-refractivity contribution in [2.24, 2.45) is 10.9 Å². The number of rotatable bonds is 6. The number of likely N-dealkylation sites (tertiary alicyclic amines) is 1. The van der Waals surface area contributed by atoms with Gasteiger partial charge in [0.05, 0.1) is 5.56 Å². The maximum Gasteiger partial charge on any atom is 0.420 e. The summed E-state index contributed by atoms with van der Waals surface area (Å²) < 4.78 is 42.7. The summed E-state index contributed by atoms with van der Waals surface area (Å²) in [4.78, 5) is 23.1. The molecule has 1 fully saturated rings. The second-order valence-corrected chi connectivity index (χ2v) is 7.76. The zero-order valence-electron chi connectivity index (χ0n) is 18.8. The van der Waals surface area contributed by atoms with Crippen LogP contribution in [0, 0.1) is 5.92 Å². The number of aromatic nitrogens is 2. The number of nitrogen functional groups attached to an aromatic ring is 1. The van der Waals surface area contributed by atoms with Crippen molar-refractivity contribution in [3.63, 3.8) is 0 Å². The number of anilines is 1. The minimum Gasteiger partial charge on any atom is -0.393 e. The summed E-state index contributed by atoms with van der Waals surface area (Å²) in [5, 5.41) is 2.78. The highest BCUT2D eigenvalue weighted by Gasteiger charge is 2.37. The molecule has 1 amide bonds. The Morgan fingerprint density at radius 1 is 1.42 bits per heavy atom. The van der Waals surface area contributed by atoms with Gasteiger partial charge in [-0.15, -0.1) is 0 Å². The molecule has 0 bridgehead atoms. The lowest BCUT2D eigenvalue weighted by atomic mass is 10.0. The number of nitrogens with two attached hydrogens (primary N) is 1. The quantitative estimate of drug-likeness (QED) is 0.501. The van der Waals surface area contributed by atoms with Gasteiger partial charge >= 0.3 is 6.18 Å². The van der Waals surface area contributed by atoms with E-state index in [0.29, 0.717) is 25.1 Å². The zero-order chi connectivity index (χ0) is 24.3. The van der Waals surface area contributed by atoms with Crippen molar-refractivity contribution in [3.05, 3.63) is 60.2 Å². The minimum atomic E-state index is -4.69. The molecule has 0 saturated carbocycles. The summed E-state index contributed by atoms with van der Waals surface area (Å²) in [6.07, 6.45) is 3.90. The number of halogens is 3. The van der Waals surface area contributed by atoms with Gasteiger partial charge in [0, 0.05) is 55.9 Å². The summed E-state index contributed by atoms with van der Waals surface area (Å²) in [7, 11) is 1.63. The molecule has 1 unspecified atom stereocenters. The molecule has 0 aliphatic carbocycles. The fourth-order valence-electron chi connectivity index (χ4n) is 3.83. The van der Waals surface area contributed by atoms with Crippen LogP contribution in [0.25, 0.3) is 11.2 Å². The molecule has 3 rings (SSSR count). The maximum atomic E-state index is 13.9. The summed E-state index contributed by atoms with van der Waals surface area (Å²) in [6, 6.07) is 0.980. The number of hydrogen-bond acceptors (Lipinski definition) is 5. The van der Waals surface area contributed by atoms with Gasteiger partial charge in [-0.3, -0.25) is 14.2 Å². The van der Waals surface area contributed by atoms with Crippen molar-refractivity contribution in [1.29, 1.82) is 0 Å². The summed E-state index contributed by atoms with van der Waals surface area (Å²) >= 11 is 0. The van der Waals surface area contributed by atoms with Gasteiger partial charge in [0.1, 0.15) is 5.82 Å². The van der Waals surface area contributed by atoms with Gasteiger partial charge in [-0.2, -0.15) is 13.2 Å². The van der Waals surface area contributed by atoms with E-state index in [1.165, 1.54) is 18.5 Å². The van der Waals surface area contributed by atoms with Crippen LogP contribution >= 0.6 is 0 Å². The maximum absolute atomic E-state index is 13.9. The van der Waals surface area contributed by atoms with Gasteiger partial charge in [-0.25, -0.2) is 4.98 Å². The Hall–Kier alpha value is -3.56. The van der Waals surface area contributed by atoms with Crippen LogP contribution in [0.1, 0.15) is 41.9 Å². The molecule has 3 heterocycles. The van der Waals surface area contributed by atoms with Gasteiger partial charge in [0.25, 0.3) is 5.91 Å². The van der Waals surface area contributed by atoms with Crippen LogP contribution in [-0.4, -0.2) is 46.0 Å². The standard InChI is InChI=1S/C23H27F3N6O/c1-5-8-29-14(3)16-7-9-31(12-16)22(33)19-20(27)32-13-17(15(6-2)11-28-4)10-18(21(32)30-19)23(24,25)26/h5-6,8,10-11,13,16,28H,2,7,9,12,27H2,1,3-4H3/b8-5-,15-11+,29-14?. The number of nitrogens with one attached hydrogen (secondary N) is 1. The number of allylic oxidation sites excluding steroid dienone is 3. The number of imidazole rings is 1. The molecule has 3 N–H and O–H groups in total. The number of fused-ring (bicyclic) bond motifs is 1. The Kier molecular flexibility index (Phi) is 6.95. The van der Waals surface area contributed by atoms with E-state index in [9.17, 15) is 18.0 Å². The lowest BCUT2D eigenvalue weighted by molar-refractivity contribution is -0.136. The molecule has 7 nitrogen and oxygen atoms in total. The predicted octanol–water partition coefficient (Wildman–Crippen LogP) is 4.14. The molecule has 1 atom stereocenters. The lowest BCUT2D eigenvalue weighted by Crippen LogP contribution is -2.30. The fraction of sp³-hybridized carbons (Fsp3) is 0.348. The molecular formula is C23H27F3N6O. The van der Waals surface area contributed by atoms with Crippen molar-refractivity contribution in [3.8, 4) is 0 Å². The number of carbonyl (C=O) groups excluding carboxylic acids is 1. The molecule has 1 aliphatic heterocycles. The summed E-state index contributed by atoms with van der Waals surface area (Å²) in [5.41, 5.74) is 6.12. The molecule has 1 saturated heterocycles. The van der Waals surface area contributed by atoms with E-state index in [0.717, 1.165) is 16.2 Å². The van der Waals surface area contributed by atoms with E-state index >= 15 is 0 Å². The SMILES string of the molecule is C=C/C(=C\NC)c1cc(C(F)(F)F)c2nc(C(=O)N3CCC(C(C)=N/C=C\C)C3)c(N)n2c1. The highest BCUT2D eigenvalue weighted by atomic mass is 19.4. The first-order valence-corrected chi connectivity index (χ1v) is 10.5. The molecule has 0 spiro atoms. The van der Waals surface area contributed by atoms with E-state index < -0.39 is 23.3 Å². The normalized spacial score (nSPS) is 17.9. The van der Waals surface area contributed by atoms with E-state index in [1.54, 1.807) is 18.1 Å². The third-order valence-corrected chi connectivity index (χ3v) is 5.61. The number of amides is 1. The Balaban J connectivity index is 2.05. The van der Waals surface area contributed by atoms with Crippen LogP contribution in [0.2, 0.25) is 0 Å². The molecule has 2 aromatic rings.